The van der Waals surface area contributed by atoms with Gasteiger partial charge in [0.05, 0.1) is 29.0 Å². The third-order valence-electron chi connectivity index (χ3n) is 7.18. The molecule has 5 nitrogen and oxygen atoms in total. The predicted octanol–water partition coefficient (Wildman–Crippen LogP) is 7.52. The van der Waals surface area contributed by atoms with Gasteiger partial charge in [0, 0.05) is 11.1 Å². The highest BCUT2D eigenvalue weighted by molar-refractivity contribution is 6.17. The van der Waals surface area contributed by atoms with Crippen molar-refractivity contribution in [1.82, 2.24) is 4.90 Å². The van der Waals surface area contributed by atoms with Crippen LogP contribution in [0.2, 0.25) is 0 Å². The van der Waals surface area contributed by atoms with Crippen molar-refractivity contribution in [2.75, 3.05) is 16.8 Å². The number of nitrogens with zero attached hydrogens (tertiary/aromatic N) is 2. The Morgan fingerprint density at radius 3 is 2.15 bits per heavy atom. The number of unbranched alkanes of at least 4 members (excludes halogenated alkanes) is 1. The molecule has 3 aromatic rings. The molecule has 2 amide bonds. The molecular formula is C33H40FN3O2. The summed E-state index contributed by atoms with van der Waals surface area (Å²) in [6.07, 6.45) is 3.32. The number of nitrogens with one attached hydrogen (secondary N) is 1. The zero-order valence-corrected chi connectivity index (χ0v) is 24.0. The third kappa shape index (κ3) is 6.74. The number of amides is 2. The van der Waals surface area contributed by atoms with Gasteiger partial charge in [0.15, 0.2) is 0 Å². The minimum atomic E-state index is -0.504. The number of halogens is 1. The van der Waals surface area contributed by atoms with Crippen molar-refractivity contribution in [3.63, 3.8) is 0 Å². The van der Waals surface area contributed by atoms with Crippen LogP contribution in [0, 0.1) is 5.82 Å². The standard InChI is InChI=1S/C33H40FN3O2/c1-32(2,3)36(33(4,5)6)20-10-9-11-23-14-16-24(17-15-23)21-30(38)37-28-13-8-7-12-27(28)35-31(39)26-19-18-25(34)22-29(26)37/h7-8,12-19,22H,9-11,20-21H2,1-6H3,(H,35,39). The number of para-hydroxylation sites is 2. The van der Waals surface area contributed by atoms with Crippen LogP contribution >= 0.6 is 0 Å². The summed E-state index contributed by atoms with van der Waals surface area (Å²) in [4.78, 5) is 30.5. The van der Waals surface area contributed by atoms with Crippen molar-refractivity contribution in [3.05, 3.63) is 89.2 Å². The van der Waals surface area contributed by atoms with Gasteiger partial charge in [0.25, 0.3) is 5.91 Å². The van der Waals surface area contributed by atoms with Gasteiger partial charge in [-0.25, -0.2) is 4.39 Å². The van der Waals surface area contributed by atoms with Gasteiger partial charge in [0.1, 0.15) is 5.82 Å². The number of anilines is 3. The van der Waals surface area contributed by atoms with E-state index in [9.17, 15) is 14.0 Å². The molecule has 6 heteroatoms. The van der Waals surface area contributed by atoms with E-state index in [2.05, 4.69) is 63.9 Å². The first kappa shape index (κ1) is 28.5. The molecule has 0 saturated carbocycles. The minimum absolute atomic E-state index is 0.121. The van der Waals surface area contributed by atoms with E-state index in [0.717, 1.165) is 31.4 Å². The van der Waals surface area contributed by atoms with Crippen LogP contribution in [0.5, 0.6) is 0 Å². The van der Waals surface area contributed by atoms with Crippen LogP contribution in [0.25, 0.3) is 0 Å². The molecule has 39 heavy (non-hydrogen) atoms. The highest BCUT2D eigenvalue weighted by atomic mass is 19.1. The lowest BCUT2D eigenvalue weighted by molar-refractivity contribution is -0.117. The lowest BCUT2D eigenvalue weighted by atomic mass is 9.95. The van der Waals surface area contributed by atoms with Crippen LogP contribution in [-0.2, 0) is 17.6 Å². The van der Waals surface area contributed by atoms with E-state index in [4.69, 9.17) is 0 Å². The van der Waals surface area contributed by atoms with Crippen LogP contribution < -0.4 is 10.2 Å². The molecule has 0 aromatic heterocycles. The fourth-order valence-electron chi connectivity index (χ4n) is 5.60. The summed E-state index contributed by atoms with van der Waals surface area (Å²) in [5, 5.41) is 2.84. The summed E-state index contributed by atoms with van der Waals surface area (Å²) < 4.78 is 14.3. The van der Waals surface area contributed by atoms with Gasteiger partial charge in [-0.3, -0.25) is 19.4 Å². The second-order valence-electron chi connectivity index (χ2n) is 12.3. The molecule has 4 rings (SSSR count). The molecule has 206 valence electrons. The lowest BCUT2D eigenvalue weighted by Crippen LogP contribution is -2.52. The lowest BCUT2D eigenvalue weighted by Gasteiger charge is -2.45. The number of carbonyl (C=O) groups is 2. The third-order valence-corrected chi connectivity index (χ3v) is 7.18. The van der Waals surface area contributed by atoms with Crippen molar-refractivity contribution in [1.29, 1.82) is 0 Å². The summed E-state index contributed by atoms with van der Waals surface area (Å²) in [6.45, 7) is 14.7. The molecule has 1 heterocycles. The van der Waals surface area contributed by atoms with Crippen LogP contribution in [0.15, 0.2) is 66.7 Å². The second-order valence-corrected chi connectivity index (χ2v) is 12.3. The van der Waals surface area contributed by atoms with Crippen molar-refractivity contribution in [2.24, 2.45) is 0 Å². The maximum absolute atomic E-state index is 14.3. The Morgan fingerprint density at radius 2 is 1.49 bits per heavy atom. The van der Waals surface area contributed by atoms with E-state index in [-0.39, 0.29) is 40.6 Å². The summed E-state index contributed by atoms with van der Waals surface area (Å²) in [7, 11) is 0. The normalized spacial score (nSPS) is 13.5. The average Bonchev–Trinajstić information content (AvgIpc) is 2.96. The van der Waals surface area contributed by atoms with E-state index in [1.54, 1.807) is 24.3 Å². The molecule has 1 aliphatic heterocycles. The monoisotopic (exact) mass is 529 g/mol. The van der Waals surface area contributed by atoms with E-state index in [1.165, 1.54) is 28.7 Å². The van der Waals surface area contributed by atoms with Crippen LogP contribution in [0.3, 0.4) is 0 Å². The zero-order chi connectivity index (χ0) is 28.4. The molecule has 0 radical (unpaired) electrons. The Labute approximate surface area is 232 Å². The number of fused-ring (bicyclic) bond motifs is 2. The smallest absolute Gasteiger partial charge is 0.257 e. The molecule has 0 spiro atoms. The van der Waals surface area contributed by atoms with E-state index in [1.807, 2.05) is 12.1 Å². The van der Waals surface area contributed by atoms with Crippen LogP contribution in [0.4, 0.5) is 21.5 Å². The highest BCUT2D eigenvalue weighted by Crippen LogP contribution is 2.38. The second kappa shape index (κ2) is 11.3. The van der Waals surface area contributed by atoms with Crippen molar-refractivity contribution < 1.29 is 14.0 Å². The molecule has 0 bridgehead atoms. The fraction of sp³-hybridized carbons (Fsp3) is 0.394. The fourth-order valence-corrected chi connectivity index (χ4v) is 5.60. The zero-order valence-electron chi connectivity index (χ0n) is 24.0. The van der Waals surface area contributed by atoms with Gasteiger partial charge in [0.2, 0.25) is 5.91 Å². The average molecular weight is 530 g/mol. The first-order chi connectivity index (χ1) is 18.3. The van der Waals surface area contributed by atoms with Gasteiger partial charge in [-0.1, -0.05) is 36.4 Å². The Kier molecular flexibility index (Phi) is 8.26. The maximum Gasteiger partial charge on any atom is 0.257 e. The van der Waals surface area contributed by atoms with Gasteiger partial charge in [-0.15, -0.1) is 0 Å². The quantitative estimate of drug-likeness (QED) is 0.322. The molecule has 1 N–H and O–H groups in total. The van der Waals surface area contributed by atoms with Crippen LogP contribution in [0.1, 0.15) is 75.9 Å². The van der Waals surface area contributed by atoms with Gasteiger partial charge < -0.3 is 5.32 Å². The topological polar surface area (TPSA) is 52.7 Å². The molecule has 0 saturated heterocycles. The maximum atomic E-state index is 14.3. The summed E-state index contributed by atoms with van der Waals surface area (Å²) in [6, 6.07) is 19.2. The number of carbonyl (C=O) groups excluding carboxylic acids is 2. The molecule has 3 aromatic carbocycles. The Hall–Kier alpha value is -3.51. The highest BCUT2D eigenvalue weighted by Gasteiger charge is 2.31. The molecular weight excluding hydrogens is 489 g/mol. The number of benzene rings is 3. The number of aryl methyl sites for hydroxylation is 1. The number of hydrogen-bond donors (Lipinski definition) is 1. The Bertz CT molecular complexity index is 1320. The van der Waals surface area contributed by atoms with E-state index in [0.29, 0.717) is 11.4 Å². The summed E-state index contributed by atoms with van der Waals surface area (Å²) in [5.74, 6) is -1.11. The number of rotatable bonds is 7. The van der Waals surface area contributed by atoms with Gasteiger partial charge in [-0.2, -0.15) is 0 Å². The molecule has 0 fully saturated rings. The first-order valence-electron chi connectivity index (χ1n) is 13.7. The molecule has 0 unspecified atom stereocenters. The Balaban J connectivity index is 1.45. The van der Waals surface area contributed by atoms with Crippen molar-refractivity contribution in [3.8, 4) is 0 Å². The van der Waals surface area contributed by atoms with E-state index < -0.39 is 5.82 Å². The summed E-state index contributed by atoms with van der Waals surface area (Å²) >= 11 is 0. The van der Waals surface area contributed by atoms with Gasteiger partial charge >= 0.3 is 0 Å². The van der Waals surface area contributed by atoms with Crippen molar-refractivity contribution in [2.45, 2.75) is 78.3 Å². The largest absolute Gasteiger partial charge is 0.320 e. The first-order valence-corrected chi connectivity index (χ1v) is 13.7. The predicted molar refractivity (Wildman–Crippen MR) is 157 cm³/mol. The van der Waals surface area contributed by atoms with Gasteiger partial charge in [-0.05, 0) is 109 Å². The summed E-state index contributed by atoms with van der Waals surface area (Å²) in [5.41, 5.74) is 3.90. The van der Waals surface area contributed by atoms with E-state index >= 15 is 0 Å². The Morgan fingerprint density at radius 1 is 0.846 bits per heavy atom. The number of hydrogen-bond acceptors (Lipinski definition) is 3. The minimum Gasteiger partial charge on any atom is -0.320 e. The van der Waals surface area contributed by atoms with Crippen LogP contribution in [-0.4, -0.2) is 34.3 Å². The SMILES string of the molecule is CC(C)(C)N(CCCCc1ccc(CC(=O)N2c3ccccc3NC(=O)c3ccc(F)cc32)cc1)C(C)(C)C. The molecule has 1 aliphatic rings. The van der Waals surface area contributed by atoms with Crippen molar-refractivity contribution >= 4 is 28.9 Å². The molecule has 0 atom stereocenters. The molecule has 0 aliphatic carbocycles.